The van der Waals surface area contributed by atoms with Crippen LogP contribution in [0.5, 0.6) is 0 Å². The first-order valence-electron chi connectivity index (χ1n) is 11.3. The molecule has 1 saturated carbocycles. The van der Waals surface area contributed by atoms with Crippen LogP contribution in [0, 0.1) is 11.8 Å². The molecule has 3 aliphatic rings. The van der Waals surface area contributed by atoms with Crippen molar-refractivity contribution in [2.75, 3.05) is 6.54 Å². The minimum absolute atomic E-state index is 0.168. The van der Waals surface area contributed by atoms with E-state index in [-0.39, 0.29) is 5.54 Å². The van der Waals surface area contributed by atoms with Crippen LogP contribution in [0.4, 0.5) is 0 Å². The molecule has 2 saturated heterocycles. The van der Waals surface area contributed by atoms with Gasteiger partial charge in [0.1, 0.15) is 0 Å². The summed E-state index contributed by atoms with van der Waals surface area (Å²) in [6.45, 7) is 5.60. The Labute approximate surface area is 182 Å². The molecule has 2 aliphatic heterocycles. The van der Waals surface area contributed by atoms with Crippen LogP contribution in [-0.4, -0.2) is 33.8 Å². The van der Waals surface area contributed by atoms with Crippen LogP contribution in [0.2, 0.25) is 0 Å². The zero-order valence-electron chi connectivity index (χ0n) is 17.4. The van der Waals surface area contributed by atoms with Gasteiger partial charge in [0.25, 0.3) is 0 Å². The van der Waals surface area contributed by atoms with Gasteiger partial charge in [-0.15, -0.1) is 22.7 Å². The van der Waals surface area contributed by atoms with E-state index in [1.807, 2.05) is 22.7 Å². The molecule has 0 N–H and O–H groups in total. The number of rotatable bonds is 5. The van der Waals surface area contributed by atoms with Crippen molar-refractivity contribution in [2.45, 2.75) is 76.5 Å². The summed E-state index contributed by atoms with van der Waals surface area (Å²) in [6, 6.07) is 9.52. The fourth-order valence-corrected chi connectivity index (χ4v) is 8.13. The van der Waals surface area contributed by atoms with Gasteiger partial charge in [-0.3, -0.25) is 9.69 Å². The third kappa shape index (κ3) is 3.60. The Kier molecular flexibility index (Phi) is 5.57. The first kappa shape index (κ1) is 19.8. The van der Waals surface area contributed by atoms with Crippen LogP contribution in [-0.2, 0) is 17.9 Å². The Hall–Kier alpha value is -1.17. The van der Waals surface area contributed by atoms with Gasteiger partial charge in [0.2, 0.25) is 5.91 Å². The minimum atomic E-state index is 0.168. The van der Waals surface area contributed by atoms with Crippen molar-refractivity contribution in [3.63, 3.8) is 0 Å². The van der Waals surface area contributed by atoms with E-state index >= 15 is 0 Å². The second-order valence-corrected chi connectivity index (χ2v) is 11.3. The lowest BCUT2D eigenvalue weighted by Crippen LogP contribution is -2.59. The number of hydrogen-bond acceptors (Lipinski definition) is 4. The van der Waals surface area contributed by atoms with Crippen LogP contribution < -0.4 is 0 Å². The first-order valence-corrected chi connectivity index (χ1v) is 13.0. The molecule has 1 spiro atoms. The lowest BCUT2D eigenvalue weighted by atomic mass is 9.62. The highest BCUT2D eigenvalue weighted by molar-refractivity contribution is 7.10. The summed E-state index contributed by atoms with van der Waals surface area (Å²) in [5.74, 6) is 1.73. The highest BCUT2D eigenvalue weighted by atomic mass is 32.1. The normalized spacial score (nSPS) is 32.3. The van der Waals surface area contributed by atoms with Crippen molar-refractivity contribution in [3.8, 4) is 0 Å². The van der Waals surface area contributed by atoms with Gasteiger partial charge in [-0.1, -0.05) is 19.1 Å². The van der Waals surface area contributed by atoms with Crippen LogP contribution in [0.1, 0.15) is 61.6 Å². The molecule has 2 aromatic rings. The van der Waals surface area contributed by atoms with E-state index in [0.717, 1.165) is 32.5 Å². The summed E-state index contributed by atoms with van der Waals surface area (Å²) in [4.78, 5) is 20.8. The Balaban J connectivity index is 1.42. The van der Waals surface area contributed by atoms with Gasteiger partial charge in [-0.05, 0) is 73.3 Å². The van der Waals surface area contributed by atoms with Gasteiger partial charge >= 0.3 is 0 Å². The average Bonchev–Trinajstić information content (AvgIpc) is 3.46. The molecule has 4 atom stereocenters. The predicted molar refractivity (Wildman–Crippen MR) is 121 cm³/mol. The van der Waals surface area contributed by atoms with Crippen LogP contribution in [0.25, 0.3) is 0 Å². The molecule has 0 bridgehead atoms. The number of carbonyl (C=O) groups excluding carboxylic acids is 1. The molecule has 0 aromatic carbocycles. The average molecular weight is 429 g/mol. The van der Waals surface area contributed by atoms with Crippen molar-refractivity contribution < 1.29 is 4.79 Å². The van der Waals surface area contributed by atoms with Crippen molar-refractivity contribution in [1.82, 2.24) is 9.80 Å². The molecule has 2 aromatic heterocycles. The molecule has 3 fully saturated rings. The Bertz CT molecular complexity index is 782. The van der Waals surface area contributed by atoms with Crippen molar-refractivity contribution in [2.24, 2.45) is 11.8 Å². The molecule has 1 amide bonds. The number of hydrogen-bond donors (Lipinski definition) is 0. The molecule has 0 radical (unpaired) electrons. The van der Waals surface area contributed by atoms with E-state index in [0.29, 0.717) is 23.8 Å². The largest absolute Gasteiger partial charge is 0.337 e. The minimum Gasteiger partial charge on any atom is -0.337 e. The van der Waals surface area contributed by atoms with Gasteiger partial charge in [0.15, 0.2) is 0 Å². The standard InChI is InChI=1S/C24H32N2OS2/c1-18-21-8-2-9-23(27)26-13-5-11-24(21,26)12-10-22(18)25(16-19-6-3-14-28-19)17-20-7-4-15-29-20/h3-4,6-7,14-15,18,21-22H,2,5,8-13,16-17H2,1H3/t18-,21+,22-,24-/m1/s1. The molecular weight excluding hydrogens is 396 g/mol. The topological polar surface area (TPSA) is 23.6 Å². The monoisotopic (exact) mass is 428 g/mol. The summed E-state index contributed by atoms with van der Waals surface area (Å²) in [5, 5.41) is 4.40. The number of nitrogens with zero attached hydrogens (tertiary/aromatic N) is 2. The van der Waals surface area contributed by atoms with Gasteiger partial charge in [0, 0.05) is 47.4 Å². The van der Waals surface area contributed by atoms with Gasteiger partial charge in [-0.2, -0.15) is 0 Å². The molecule has 156 valence electrons. The Morgan fingerprint density at radius 1 is 1.07 bits per heavy atom. The summed E-state index contributed by atoms with van der Waals surface area (Å²) < 4.78 is 0. The van der Waals surface area contributed by atoms with Gasteiger partial charge in [-0.25, -0.2) is 0 Å². The van der Waals surface area contributed by atoms with E-state index in [1.54, 1.807) is 0 Å². The molecule has 3 nitrogen and oxygen atoms in total. The Morgan fingerprint density at radius 3 is 2.45 bits per heavy atom. The third-order valence-electron chi connectivity index (χ3n) is 7.89. The number of carbonyl (C=O) groups is 1. The highest BCUT2D eigenvalue weighted by Gasteiger charge is 2.55. The fourth-order valence-electron chi connectivity index (χ4n) is 6.67. The number of amides is 1. The van der Waals surface area contributed by atoms with Crippen LogP contribution in [0.3, 0.4) is 0 Å². The maximum atomic E-state index is 12.8. The van der Waals surface area contributed by atoms with Gasteiger partial charge < -0.3 is 4.90 Å². The highest BCUT2D eigenvalue weighted by Crippen LogP contribution is 2.52. The molecular formula is C24H32N2OS2. The predicted octanol–water partition coefficient (Wildman–Crippen LogP) is 5.77. The van der Waals surface area contributed by atoms with Crippen molar-refractivity contribution in [1.29, 1.82) is 0 Å². The molecule has 1 aliphatic carbocycles. The quantitative estimate of drug-likeness (QED) is 0.603. The van der Waals surface area contributed by atoms with Crippen LogP contribution in [0.15, 0.2) is 35.0 Å². The maximum absolute atomic E-state index is 12.8. The first-order chi connectivity index (χ1) is 14.2. The second kappa shape index (κ2) is 8.16. The molecule has 4 heterocycles. The summed E-state index contributed by atoms with van der Waals surface area (Å²) in [5.41, 5.74) is 0.168. The van der Waals surface area contributed by atoms with E-state index in [4.69, 9.17) is 0 Å². The summed E-state index contributed by atoms with van der Waals surface area (Å²) >= 11 is 3.76. The fraction of sp³-hybridized carbons (Fsp3) is 0.625. The zero-order chi connectivity index (χ0) is 19.8. The molecule has 5 heteroatoms. The lowest BCUT2D eigenvalue weighted by Gasteiger charge is -2.54. The zero-order valence-corrected chi connectivity index (χ0v) is 19.0. The molecule has 5 rings (SSSR count). The third-order valence-corrected chi connectivity index (χ3v) is 9.61. The molecule has 29 heavy (non-hydrogen) atoms. The lowest BCUT2D eigenvalue weighted by molar-refractivity contribution is -0.139. The van der Waals surface area contributed by atoms with E-state index in [1.165, 1.54) is 41.9 Å². The van der Waals surface area contributed by atoms with E-state index in [9.17, 15) is 4.79 Å². The molecule has 0 unspecified atom stereocenters. The van der Waals surface area contributed by atoms with Crippen molar-refractivity contribution in [3.05, 3.63) is 44.8 Å². The summed E-state index contributed by atoms with van der Waals surface area (Å²) in [7, 11) is 0. The smallest absolute Gasteiger partial charge is 0.223 e. The van der Waals surface area contributed by atoms with Crippen LogP contribution >= 0.6 is 22.7 Å². The van der Waals surface area contributed by atoms with E-state index in [2.05, 4.69) is 51.7 Å². The maximum Gasteiger partial charge on any atom is 0.223 e. The Morgan fingerprint density at radius 2 is 1.79 bits per heavy atom. The summed E-state index contributed by atoms with van der Waals surface area (Å²) in [6.07, 6.45) is 7.93. The SMILES string of the molecule is C[C@H]1[C@H](N(Cc2cccs2)Cc2cccs2)CC[C@@]23CCCN2C(=O)CCC[C@@H]13. The van der Waals surface area contributed by atoms with Gasteiger partial charge in [0.05, 0.1) is 0 Å². The van der Waals surface area contributed by atoms with E-state index < -0.39 is 0 Å². The second-order valence-electron chi connectivity index (χ2n) is 9.28. The van der Waals surface area contributed by atoms with Crippen molar-refractivity contribution >= 4 is 28.6 Å². The number of thiophene rings is 2.